The number of rotatable bonds is 7. The second-order valence-electron chi connectivity index (χ2n) is 6.92. The average Bonchev–Trinajstić information content (AvgIpc) is 3.32. The highest BCUT2D eigenvalue weighted by Crippen LogP contribution is 2.29. The van der Waals surface area contributed by atoms with Crippen LogP contribution in [0, 0.1) is 11.3 Å². The van der Waals surface area contributed by atoms with Gasteiger partial charge < -0.3 is 19.7 Å². The molecule has 1 aliphatic heterocycles. The predicted molar refractivity (Wildman–Crippen MR) is 121 cm³/mol. The van der Waals surface area contributed by atoms with Crippen LogP contribution in [0.4, 0.5) is 5.69 Å². The number of carbonyl (C=O) groups excluding carboxylic acids is 2. The third-order valence-electron chi connectivity index (χ3n) is 4.73. The Morgan fingerprint density at radius 2 is 1.87 bits per heavy atom. The topological polar surface area (TPSA) is 91.7 Å². The quantitative estimate of drug-likeness (QED) is 0.474. The minimum Gasteiger partial charge on any atom is -0.493 e. The predicted octanol–water partition coefficient (Wildman–Crippen LogP) is 4.00. The van der Waals surface area contributed by atoms with Crippen LogP contribution < -0.4 is 14.8 Å². The molecule has 0 atom stereocenters. The average molecular weight is 484 g/mol. The monoisotopic (exact) mass is 483 g/mol. The standard InChI is InChI=1S/C23H22BrN3O4/c1-30-21-13-16(12-17(14-25)23(29)27-10-2-3-11-27)4-9-20(21)31-15-22(28)26-19-7-5-18(24)6-8-19/h4-9,12-13H,2-3,10-11,15H2,1H3,(H,26,28). The van der Waals surface area contributed by atoms with E-state index < -0.39 is 0 Å². The Morgan fingerprint density at radius 1 is 1.16 bits per heavy atom. The molecule has 31 heavy (non-hydrogen) atoms. The van der Waals surface area contributed by atoms with Crippen molar-refractivity contribution in [1.82, 2.24) is 4.90 Å². The fraction of sp³-hybridized carbons (Fsp3) is 0.261. The summed E-state index contributed by atoms with van der Waals surface area (Å²) in [6, 6.07) is 14.2. The van der Waals surface area contributed by atoms with Crippen LogP contribution in [0.15, 0.2) is 52.5 Å². The first-order valence-electron chi connectivity index (χ1n) is 9.77. The summed E-state index contributed by atoms with van der Waals surface area (Å²) >= 11 is 3.34. The molecule has 8 heteroatoms. The van der Waals surface area contributed by atoms with Gasteiger partial charge in [0, 0.05) is 23.2 Å². The lowest BCUT2D eigenvalue weighted by Crippen LogP contribution is -2.28. The lowest BCUT2D eigenvalue weighted by Gasteiger charge is -2.14. The fourth-order valence-corrected chi connectivity index (χ4v) is 3.43. The number of nitrogens with one attached hydrogen (secondary N) is 1. The molecule has 2 aromatic carbocycles. The highest BCUT2D eigenvalue weighted by molar-refractivity contribution is 9.10. The third-order valence-corrected chi connectivity index (χ3v) is 5.26. The number of carbonyl (C=O) groups is 2. The summed E-state index contributed by atoms with van der Waals surface area (Å²) < 4.78 is 11.9. The number of amides is 2. The molecule has 0 radical (unpaired) electrons. The Hall–Kier alpha value is -3.31. The van der Waals surface area contributed by atoms with Gasteiger partial charge in [-0.25, -0.2) is 0 Å². The van der Waals surface area contributed by atoms with E-state index in [1.807, 2.05) is 18.2 Å². The van der Waals surface area contributed by atoms with E-state index >= 15 is 0 Å². The first-order chi connectivity index (χ1) is 15.0. The zero-order valence-electron chi connectivity index (χ0n) is 17.1. The summed E-state index contributed by atoms with van der Waals surface area (Å²) in [5, 5.41) is 12.2. The minimum absolute atomic E-state index is 0.0755. The van der Waals surface area contributed by atoms with Crippen molar-refractivity contribution in [2.24, 2.45) is 0 Å². The third kappa shape index (κ3) is 6.09. The second kappa shape index (κ2) is 10.6. The van der Waals surface area contributed by atoms with Crippen LogP contribution >= 0.6 is 15.9 Å². The smallest absolute Gasteiger partial charge is 0.264 e. The number of likely N-dealkylation sites (tertiary alicyclic amines) is 1. The number of hydrogen-bond acceptors (Lipinski definition) is 5. The largest absolute Gasteiger partial charge is 0.493 e. The van der Waals surface area contributed by atoms with Crippen LogP contribution in [0.3, 0.4) is 0 Å². The van der Waals surface area contributed by atoms with Crippen molar-refractivity contribution in [3.63, 3.8) is 0 Å². The molecule has 1 heterocycles. The Morgan fingerprint density at radius 3 is 2.52 bits per heavy atom. The van der Waals surface area contributed by atoms with Crippen molar-refractivity contribution in [2.75, 3.05) is 32.1 Å². The molecule has 1 saturated heterocycles. The van der Waals surface area contributed by atoms with E-state index in [1.165, 1.54) is 13.2 Å². The Bertz CT molecular complexity index is 1020. The lowest BCUT2D eigenvalue weighted by molar-refractivity contribution is -0.125. The number of nitriles is 1. The van der Waals surface area contributed by atoms with Gasteiger partial charge in [-0.05, 0) is 60.9 Å². The summed E-state index contributed by atoms with van der Waals surface area (Å²) in [4.78, 5) is 26.3. The van der Waals surface area contributed by atoms with Gasteiger partial charge in [-0.15, -0.1) is 0 Å². The van der Waals surface area contributed by atoms with Gasteiger partial charge in [0.15, 0.2) is 18.1 Å². The van der Waals surface area contributed by atoms with Crippen LogP contribution in [-0.2, 0) is 9.59 Å². The Balaban J connectivity index is 1.66. The van der Waals surface area contributed by atoms with E-state index in [4.69, 9.17) is 9.47 Å². The maximum atomic E-state index is 12.5. The second-order valence-corrected chi connectivity index (χ2v) is 7.84. The van der Waals surface area contributed by atoms with Crippen LogP contribution in [0.1, 0.15) is 18.4 Å². The highest BCUT2D eigenvalue weighted by atomic mass is 79.9. The van der Waals surface area contributed by atoms with Crippen molar-refractivity contribution in [3.8, 4) is 17.6 Å². The van der Waals surface area contributed by atoms with Crippen molar-refractivity contribution in [1.29, 1.82) is 5.26 Å². The SMILES string of the molecule is COc1cc(C=C(C#N)C(=O)N2CCCC2)ccc1OCC(=O)Nc1ccc(Br)cc1. The molecule has 0 saturated carbocycles. The Labute approximate surface area is 189 Å². The molecule has 1 N–H and O–H groups in total. The van der Waals surface area contributed by atoms with E-state index in [0.29, 0.717) is 35.8 Å². The number of anilines is 1. The molecule has 0 spiro atoms. The first kappa shape index (κ1) is 22.4. The number of benzene rings is 2. The van der Waals surface area contributed by atoms with Crippen molar-refractivity contribution >= 4 is 39.5 Å². The van der Waals surface area contributed by atoms with E-state index in [2.05, 4.69) is 21.2 Å². The molecule has 2 amide bonds. The van der Waals surface area contributed by atoms with Gasteiger partial charge in [0.05, 0.1) is 7.11 Å². The van der Waals surface area contributed by atoms with Crippen LogP contribution in [0.2, 0.25) is 0 Å². The van der Waals surface area contributed by atoms with E-state index in [0.717, 1.165) is 17.3 Å². The number of ether oxygens (including phenoxy) is 2. The molecular formula is C23H22BrN3O4. The molecule has 0 bridgehead atoms. The molecule has 0 unspecified atom stereocenters. The first-order valence-corrected chi connectivity index (χ1v) is 10.6. The van der Waals surface area contributed by atoms with Crippen LogP contribution in [0.25, 0.3) is 6.08 Å². The molecular weight excluding hydrogens is 462 g/mol. The maximum Gasteiger partial charge on any atom is 0.264 e. The summed E-state index contributed by atoms with van der Waals surface area (Å²) in [6.07, 6.45) is 3.45. The van der Waals surface area contributed by atoms with Crippen LogP contribution in [0.5, 0.6) is 11.5 Å². The van der Waals surface area contributed by atoms with E-state index in [-0.39, 0.29) is 24.0 Å². The lowest BCUT2D eigenvalue weighted by atomic mass is 10.1. The van der Waals surface area contributed by atoms with Gasteiger partial charge in [-0.3, -0.25) is 9.59 Å². The van der Waals surface area contributed by atoms with Crippen molar-refractivity contribution in [2.45, 2.75) is 12.8 Å². The molecule has 0 aromatic heterocycles. The Kier molecular flexibility index (Phi) is 7.68. The summed E-state index contributed by atoms with van der Waals surface area (Å²) in [6.45, 7) is 1.16. The summed E-state index contributed by atoms with van der Waals surface area (Å²) in [5.74, 6) is 0.214. The van der Waals surface area contributed by atoms with Gasteiger partial charge in [-0.2, -0.15) is 5.26 Å². The molecule has 160 valence electrons. The zero-order valence-corrected chi connectivity index (χ0v) is 18.6. The van der Waals surface area contributed by atoms with Gasteiger partial charge in [0.25, 0.3) is 11.8 Å². The number of nitrogens with zero attached hydrogens (tertiary/aromatic N) is 2. The molecule has 2 aromatic rings. The zero-order chi connectivity index (χ0) is 22.2. The number of methoxy groups -OCH3 is 1. The van der Waals surface area contributed by atoms with E-state index in [1.54, 1.807) is 35.2 Å². The highest BCUT2D eigenvalue weighted by Gasteiger charge is 2.21. The molecule has 7 nitrogen and oxygen atoms in total. The van der Waals surface area contributed by atoms with Crippen molar-refractivity contribution < 1.29 is 19.1 Å². The molecule has 0 aliphatic carbocycles. The van der Waals surface area contributed by atoms with Gasteiger partial charge in [0.1, 0.15) is 11.6 Å². The summed E-state index contributed by atoms with van der Waals surface area (Å²) in [7, 11) is 1.48. The van der Waals surface area contributed by atoms with Gasteiger partial charge in [0.2, 0.25) is 0 Å². The number of halogens is 1. The minimum atomic E-state index is -0.309. The van der Waals surface area contributed by atoms with Gasteiger partial charge >= 0.3 is 0 Å². The van der Waals surface area contributed by atoms with Gasteiger partial charge in [-0.1, -0.05) is 22.0 Å². The fourth-order valence-electron chi connectivity index (χ4n) is 3.17. The molecule has 3 rings (SSSR count). The molecule has 1 fully saturated rings. The van der Waals surface area contributed by atoms with E-state index in [9.17, 15) is 14.9 Å². The summed E-state index contributed by atoms with van der Waals surface area (Å²) in [5.41, 5.74) is 1.37. The van der Waals surface area contributed by atoms with Crippen molar-refractivity contribution in [3.05, 3.63) is 58.1 Å². The van der Waals surface area contributed by atoms with Crippen LogP contribution in [-0.4, -0.2) is 43.5 Å². The normalized spacial score (nSPS) is 13.5. The number of hydrogen-bond donors (Lipinski definition) is 1. The molecule has 1 aliphatic rings. The maximum absolute atomic E-state index is 12.5.